The van der Waals surface area contributed by atoms with Gasteiger partial charge in [-0.25, -0.2) is 14.1 Å². The summed E-state index contributed by atoms with van der Waals surface area (Å²) in [6.45, 7) is 4.66. The molecule has 1 N–H and O–H groups in total. The molecule has 0 aromatic heterocycles. The van der Waals surface area contributed by atoms with Crippen molar-refractivity contribution in [1.29, 1.82) is 0 Å². The second-order valence-corrected chi connectivity index (χ2v) is 6.40. The number of hydrogen-bond donors (Lipinski definition) is 1. The van der Waals surface area contributed by atoms with E-state index < -0.39 is 23.8 Å². The van der Waals surface area contributed by atoms with Gasteiger partial charge in [0.15, 0.2) is 0 Å². The van der Waals surface area contributed by atoms with Crippen LogP contribution in [0, 0.1) is 5.82 Å². The van der Waals surface area contributed by atoms with E-state index in [1.165, 1.54) is 24.3 Å². The number of morpholine rings is 1. The second kappa shape index (κ2) is 6.79. The molecule has 3 atom stereocenters. The monoisotopic (exact) mass is 349 g/mol. The van der Waals surface area contributed by atoms with Gasteiger partial charge in [-0.1, -0.05) is 0 Å². The van der Waals surface area contributed by atoms with Crippen LogP contribution in [0.15, 0.2) is 24.3 Å². The van der Waals surface area contributed by atoms with Crippen LogP contribution in [0.25, 0.3) is 0 Å². The van der Waals surface area contributed by atoms with Crippen molar-refractivity contribution in [3.05, 3.63) is 30.1 Å². The fourth-order valence-electron chi connectivity index (χ4n) is 3.05. The van der Waals surface area contributed by atoms with Crippen molar-refractivity contribution in [3.8, 4) is 0 Å². The van der Waals surface area contributed by atoms with E-state index in [0.29, 0.717) is 13.2 Å². The quantitative estimate of drug-likeness (QED) is 0.834. The SMILES string of the molecule is C[C@@H]1CN(C(=O)C[C@H]2NC(=O)N(c3ccc(F)cc3)C2=O)[C@@H](C)CO1. The third kappa shape index (κ3) is 3.48. The van der Waals surface area contributed by atoms with Gasteiger partial charge in [0, 0.05) is 6.54 Å². The molecule has 0 unspecified atom stereocenters. The predicted octanol–water partition coefficient (Wildman–Crippen LogP) is 1.28. The number of halogens is 1. The van der Waals surface area contributed by atoms with Gasteiger partial charge in [-0.3, -0.25) is 9.59 Å². The molecule has 2 aliphatic rings. The highest BCUT2D eigenvalue weighted by molar-refractivity contribution is 6.22. The maximum absolute atomic E-state index is 13.0. The number of amides is 4. The molecule has 4 amide bonds. The Morgan fingerprint density at radius 2 is 1.96 bits per heavy atom. The van der Waals surface area contributed by atoms with Gasteiger partial charge in [-0.15, -0.1) is 0 Å². The fourth-order valence-corrected chi connectivity index (χ4v) is 3.05. The van der Waals surface area contributed by atoms with Crippen molar-refractivity contribution in [2.75, 3.05) is 18.1 Å². The highest BCUT2D eigenvalue weighted by Gasteiger charge is 2.41. The van der Waals surface area contributed by atoms with Gasteiger partial charge in [0.05, 0.1) is 30.9 Å². The molecule has 2 saturated heterocycles. The minimum Gasteiger partial charge on any atom is -0.375 e. The van der Waals surface area contributed by atoms with Gasteiger partial charge in [-0.05, 0) is 38.1 Å². The first-order valence-electron chi connectivity index (χ1n) is 8.18. The summed E-state index contributed by atoms with van der Waals surface area (Å²) >= 11 is 0. The van der Waals surface area contributed by atoms with Crippen molar-refractivity contribution in [2.24, 2.45) is 0 Å². The molecule has 7 nitrogen and oxygen atoms in total. The average molecular weight is 349 g/mol. The lowest BCUT2D eigenvalue weighted by Crippen LogP contribution is -2.51. The van der Waals surface area contributed by atoms with E-state index in [-0.39, 0.29) is 30.2 Å². The average Bonchev–Trinajstić information content (AvgIpc) is 2.84. The van der Waals surface area contributed by atoms with Crippen LogP contribution in [0.3, 0.4) is 0 Å². The second-order valence-electron chi connectivity index (χ2n) is 6.40. The lowest BCUT2D eigenvalue weighted by Gasteiger charge is -2.37. The Labute approximate surface area is 144 Å². The molecule has 134 valence electrons. The number of imide groups is 1. The highest BCUT2D eigenvalue weighted by Crippen LogP contribution is 2.22. The van der Waals surface area contributed by atoms with Crippen LogP contribution in [0.1, 0.15) is 20.3 Å². The molecule has 8 heteroatoms. The van der Waals surface area contributed by atoms with E-state index in [1.54, 1.807) is 4.90 Å². The van der Waals surface area contributed by atoms with Crippen LogP contribution in [0.2, 0.25) is 0 Å². The molecular weight excluding hydrogens is 329 g/mol. The van der Waals surface area contributed by atoms with Crippen LogP contribution >= 0.6 is 0 Å². The summed E-state index contributed by atoms with van der Waals surface area (Å²) in [5.74, 6) is -1.18. The zero-order valence-corrected chi connectivity index (χ0v) is 14.1. The number of carbonyl (C=O) groups is 3. The third-order valence-corrected chi connectivity index (χ3v) is 4.41. The number of nitrogens with one attached hydrogen (secondary N) is 1. The summed E-state index contributed by atoms with van der Waals surface area (Å²) < 4.78 is 18.5. The molecule has 25 heavy (non-hydrogen) atoms. The summed E-state index contributed by atoms with van der Waals surface area (Å²) in [7, 11) is 0. The Kier molecular flexibility index (Phi) is 4.71. The summed E-state index contributed by atoms with van der Waals surface area (Å²) in [5.41, 5.74) is 0.271. The zero-order chi connectivity index (χ0) is 18.1. The largest absolute Gasteiger partial charge is 0.375 e. The molecule has 1 aromatic rings. The number of ether oxygens (including phenoxy) is 1. The van der Waals surface area contributed by atoms with Gasteiger partial charge in [0.2, 0.25) is 5.91 Å². The molecule has 0 bridgehead atoms. The Hall–Kier alpha value is -2.48. The van der Waals surface area contributed by atoms with E-state index in [9.17, 15) is 18.8 Å². The predicted molar refractivity (Wildman–Crippen MR) is 87.4 cm³/mol. The Morgan fingerprint density at radius 1 is 1.28 bits per heavy atom. The normalized spacial score (nSPS) is 26.8. The van der Waals surface area contributed by atoms with Crippen LogP contribution in [-0.4, -0.2) is 54.1 Å². The van der Waals surface area contributed by atoms with E-state index in [1.807, 2.05) is 13.8 Å². The molecule has 0 spiro atoms. The smallest absolute Gasteiger partial charge is 0.329 e. The number of anilines is 1. The Morgan fingerprint density at radius 3 is 2.64 bits per heavy atom. The topological polar surface area (TPSA) is 79.0 Å². The van der Waals surface area contributed by atoms with Gasteiger partial charge in [0.1, 0.15) is 11.9 Å². The van der Waals surface area contributed by atoms with E-state index in [2.05, 4.69) is 5.32 Å². The molecule has 1 aromatic carbocycles. The first-order valence-corrected chi connectivity index (χ1v) is 8.18. The molecule has 2 heterocycles. The minimum atomic E-state index is -0.921. The fraction of sp³-hybridized carbons (Fsp3) is 0.471. The third-order valence-electron chi connectivity index (χ3n) is 4.41. The maximum Gasteiger partial charge on any atom is 0.329 e. The van der Waals surface area contributed by atoms with Crippen LogP contribution in [0.4, 0.5) is 14.9 Å². The van der Waals surface area contributed by atoms with Gasteiger partial charge < -0.3 is 15.0 Å². The molecule has 0 saturated carbocycles. The molecule has 2 fully saturated rings. The number of benzene rings is 1. The molecule has 3 rings (SSSR count). The van der Waals surface area contributed by atoms with Crippen LogP contribution in [0.5, 0.6) is 0 Å². The summed E-state index contributed by atoms with van der Waals surface area (Å²) in [6, 6.07) is 3.43. The maximum atomic E-state index is 13.0. The highest BCUT2D eigenvalue weighted by atomic mass is 19.1. The van der Waals surface area contributed by atoms with Crippen molar-refractivity contribution in [2.45, 2.75) is 38.5 Å². The van der Waals surface area contributed by atoms with Gasteiger partial charge >= 0.3 is 6.03 Å². The molecular formula is C17H20FN3O4. The van der Waals surface area contributed by atoms with E-state index in [4.69, 9.17) is 4.74 Å². The number of urea groups is 1. The summed E-state index contributed by atoms with van der Waals surface area (Å²) in [6.07, 6.45) is -0.177. The van der Waals surface area contributed by atoms with E-state index >= 15 is 0 Å². The van der Waals surface area contributed by atoms with Gasteiger partial charge in [-0.2, -0.15) is 0 Å². The van der Waals surface area contributed by atoms with Crippen molar-refractivity contribution in [3.63, 3.8) is 0 Å². The number of nitrogens with zero attached hydrogens (tertiary/aromatic N) is 2. The first kappa shape index (κ1) is 17.3. The lowest BCUT2D eigenvalue weighted by atomic mass is 10.1. The van der Waals surface area contributed by atoms with Crippen LogP contribution in [-0.2, 0) is 14.3 Å². The minimum absolute atomic E-state index is 0.0651. The number of carbonyl (C=O) groups excluding carboxylic acids is 3. The Bertz CT molecular complexity index is 694. The van der Waals surface area contributed by atoms with Crippen molar-refractivity contribution in [1.82, 2.24) is 10.2 Å². The van der Waals surface area contributed by atoms with E-state index in [0.717, 1.165) is 4.90 Å². The summed E-state index contributed by atoms with van der Waals surface area (Å²) in [4.78, 5) is 39.8. The Balaban J connectivity index is 1.69. The van der Waals surface area contributed by atoms with Crippen LogP contribution < -0.4 is 10.2 Å². The van der Waals surface area contributed by atoms with Gasteiger partial charge in [0.25, 0.3) is 5.91 Å². The first-order chi connectivity index (χ1) is 11.9. The number of rotatable bonds is 3. The molecule has 2 aliphatic heterocycles. The lowest BCUT2D eigenvalue weighted by molar-refractivity contribution is -0.144. The molecule has 0 radical (unpaired) electrons. The summed E-state index contributed by atoms with van der Waals surface area (Å²) in [5, 5.41) is 2.53. The molecule has 0 aliphatic carbocycles. The van der Waals surface area contributed by atoms with Crippen molar-refractivity contribution < 1.29 is 23.5 Å². The van der Waals surface area contributed by atoms with Crippen molar-refractivity contribution >= 4 is 23.5 Å². The standard InChI is InChI=1S/C17H20FN3O4/c1-10-9-25-11(2)8-20(10)15(22)7-14-16(23)21(17(24)19-14)13-5-3-12(18)4-6-13/h3-6,10-11,14H,7-9H2,1-2H3,(H,19,24)/t10-,11+,14+/m0/s1. The zero-order valence-electron chi connectivity index (χ0n) is 14.1. The number of hydrogen-bond acceptors (Lipinski definition) is 4.